The number of benzene rings is 8. The lowest BCUT2D eigenvalue weighted by Gasteiger charge is -2.34. The summed E-state index contributed by atoms with van der Waals surface area (Å²) in [5.41, 5.74) is 3.91. The van der Waals surface area contributed by atoms with Gasteiger partial charge in [0.25, 0.3) is 0 Å². The molecule has 0 aliphatic carbocycles. The van der Waals surface area contributed by atoms with Gasteiger partial charge in [0.1, 0.15) is 11.6 Å². The van der Waals surface area contributed by atoms with Crippen molar-refractivity contribution >= 4 is 72.4 Å². The second kappa shape index (κ2) is 13.4. The number of para-hydroxylation sites is 4. The van der Waals surface area contributed by atoms with Gasteiger partial charge in [-0.1, -0.05) is 188 Å². The summed E-state index contributed by atoms with van der Waals surface area (Å²) in [4.78, 5) is 10.6. The maximum absolute atomic E-state index is 10.4. The summed E-state index contributed by atoms with van der Waals surface area (Å²) in [6.45, 7) is 0. The summed E-state index contributed by atoms with van der Waals surface area (Å²) in [5.74, 6) is 1.25. The monoisotopic (exact) mass is 748 g/mol. The Morgan fingerprint density at radius 3 is 1.12 bits per heavy atom. The molecule has 11 rings (SSSR count). The molecule has 0 aliphatic rings. The number of hydrogen-bond acceptors (Lipinski definition) is 2. The van der Waals surface area contributed by atoms with Gasteiger partial charge in [-0.15, -0.1) is 0 Å². The summed E-state index contributed by atoms with van der Waals surface area (Å²) < 4.78 is 43.6. The lowest BCUT2D eigenvalue weighted by molar-refractivity contribution is 0.994. The number of rotatable bonds is 7. The average molecular weight is 749 g/mol. The van der Waals surface area contributed by atoms with E-state index in [0.717, 1.165) is 59.2 Å². The molecule has 4 nitrogen and oxygen atoms in total. The molecule has 0 atom stereocenters. The highest BCUT2D eigenvalue weighted by Gasteiger charge is 2.41. The van der Waals surface area contributed by atoms with Crippen LogP contribution in [0.15, 0.2) is 218 Å². The fraction of sp³-hybridized carbons (Fsp3) is 0. The number of hydrogen-bond donors (Lipinski definition) is 0. The summed E-state index contributed by atoms with van der Waals surface area (Å²) in [5, 5.41) is 7.57. The van der Waals surface area contributed by atoms with Crippen molar-refractivity contribution in [2.45, 2.75) is 0 Å². The number of aromatic nitrogens is 4. The summed E-state index contributed by atoms with van der Waals surface area (Å²) in [6.07, 6.45) is 0. The van der Waals surface area contributed by atoms with Crippen LogP contribution in [0, 0.1) is 0 Å². The zero-order valence-electron chi connectivity index (χ0n) is 34.8. The largest absolute Gasteiger partial charge is 0.294 e. The third kappa shape index (κ3) is 5.20. The molecule has 5 heteroatoms. The third-order valence-electron chi connectivity index (χ3n) is 11.2. The number of nitrogens with zero attached hydrogens (tertiary/aromatic N) is 4. The second-order valence-corrected chi connectivity index (χ2v) is 18.0. The van der Waals surface area contributed by atoms with Gasteiger partial charge in [-0.25, -0.2) is 9.97 Å². The van der Waals surface area contributed by atoms with E-state index in [1.165, 1.54) is 0 Å². The topological polar surface area (TPSA) is 35.6 Å². The minimum atomic E-state index is -3.53. The van der Waals surface area contributed by atoms with E-state index in [-0.39, 0.29) is 35.6 Å². The molecular weight excluding hydrogens is 709 g/mol. The van der Waals surface area contributed by atoms with Crippen molar-refractivity contribution in [2.75, 3.05) is 0 Å². The molecular formula is C52H36N4Si. The average Bonchev–Trinajstić information content (AvgIpc) is 3.84. The molecule has 0 unspecified atom stereocenters. The second-order valence-electron chi connectivity index (χ2n) is 14.2. The van der Waals surface area contributed by atoms with Crippen LogP contribution in [0.5, 0.6) is 0 Å². The van der Waals surface area contributed by atoms with Crippen LogP contribution in [0.3, 0.4) is 0 Å². The Labute approximate surface area is 337 Å². The van der Waals surface area contributed by atoms with Crippen molar-refractivity contribution in [1.29, 1.82) is 0 Å². The number of fused-ring (bicyclic) bond motifs is 6. The van der Waals surface area contributed by atoms with Crippen LogP contribution in [0.1, 0.15) is 5.48 Å². The van der Waals surface area contributed by atoms with Crippen molar-refractivity contribution in [1.82, 2.24) is 19.1 Å². The van der Waals surface area contributed by atoms with Crippen molar-refractivity contribution in [2.24, 2.45) is 0 Å². The van der Waals surface area contributed by atoms with Gasteiger partial charge in [-0.05, 0) is 45.0 Å². The van der Waals surface area contributed by atoms with Crippen LogP contribution < -0.4 is 20.7 Å². The molecule has 0 saturated heterocycles. The Bertz CT molecular complexity index is 3140. The van der Waals surface area contributed by atoms with Gasteiger partial charge >= 0.3 is 0 Å². The zero-order chi connectivity index (χ0) is 41.2. The SMILES string of the molecule is [2H]c1c([2H])c(-c2nc(-n3c4ccccc4c4ccccc43)cc(-n3c4ccccc4c4ccccc43)n2)c([2H])c([Si](c2ccccc2)(c2ccccc2)c2ccccc2)c1[2H]. The van der Waals surface area contributed by atoms with Crippen LogP contribution in [0.4, 0.5) is 0 Å². The van der Waals surface area contributed by atoms with Gasteiger partial charge in [-0.3, -0.25) is 9.13 Å². The Hall–Kier alpha value is -7.34. The molecule has 0 saturated carbocycles. The summed E-state index contributed by atoms with van der Waals surface area (Å²) in [7, 11) is -3.53. The van der Waals surface area contributed by atoms with E-state index in [0.29, 0.717) is 16.8 Å². The van der Waals surface area contributed by atoms with Crippen molar-refractivity contribution in [3.63, 3.8) is 0 Å². The first kappa shape index (κ1) is 29.0. The van der Waals surface area contributed by atoms with Crippen molar-refractivity contribution in [3.05, 3.63) is 218 Å². The van der Waals surface area contributed by atoms with Crippen LogP contribution in [0.2, 0.25) is 0 Å². The maximum atomic E-state index is 10.4. The van der Waals surface area contributed by atoms with Crippen molar-refractivity contribution in [3.8, 4) is 23.0 Å². The first-order valence-electron chi connectivity index (χ1n) is 21.1. The predicted octanol–water partition coefficient (Wildman–Crippen LogP) is 9.72. The predicted molar refractivity (Wildman–Crippen MR) is 240 cm³/mol. The van der Waals surface area contributed by atoms with Gasteiger partial charge in [0.15, 0.2) is 13.9 Å². The Kier molecular flexibility index (Phi) is 6.84. The van der Waals surface area contributed by atoms with E-state index >= 15 is 0 Å². The molecule has 0 fully saturated rings. The van der Waals surface area contributed by atoms with Gasteiger partial charge in [-0.2, -0.15) is 0 Å². The van der Waals surface area contributed by atoms with Gasteiger partial charge < -0.3 is 0 Å². The van der Waals surface area contributed by atoms with Crippen molar-refractivity contribution < 1.29 is 5.48 Å². The zero-order valence-corrected chi connectivity index (χ0v) is 31.8. The Morgan fingerprint density at radius 2 is 0.737 bits per heavy atom. The first-order chi connectivity index (χ1) is 30.0. The summed E-state index contributed by atoms with van der Waals surface area (Å²) in [6, 6.07) is 64.6. The third-order valence-corrected chi connectivity index (χ3v) is 15.8. The molecule has 0 spiro atoms. The van der Waals surface area contributed by atoms with E-state index in [1.54, 1.807) is 0 Å². The molecule has 0 aliphatic heterocycles. The molecule has 11 aromatic rings. The van der Waals surface area contributed by atoms with E-state index in [2.05, 4.69) is 94.1 Å². The molecule has 0 bridgehead atoms. The molecule has 8 aromatic carbocycles. The van der Waals surface area contributed by atoms with E-state index in [4.69, 9.17) is 9.97 Å². The highest BCUT2D eigenvalue weighted by atomic mass is 28.3. The minimum Gasteiger partial charge on any atom is -0.294 e. The fourth-order valence-corrected chi connectivity index (χ4v) is 13.2. The molecule has 268 valence electrons. The quantitative estimate of drug-likeness (QED) is 0.120. The normalized spacial score (nSPS) is 12.8. The highest BCUT2D eigenvalue weighted by Crippen LogP contribution is 2.35. The van der Waals surface area contributed by atoms with E-state index in [9.17, 15) is 5.48 Å². The van der Waals surface area contributed by atoms with Crippen LogP contribution in [-0.2, 0) is 0 Å². The fourth-order valence-electron chi connectivity index (χ4n) is 8.74. The lowest BCUT2D eigenvalue weighted by atomic mass is 10.2. The Morgan fingerprint density at radius 1 is 0.386 bits per heavy atom. The molecule has 0 N–H and O–H groups in total. The molecule has 0 amide bonds. The van der Waals surface area contributed by atoms with Crippen LogP contribution in [0.25, 0.3) is 66.6 Å². The minimum absolute atomic E-state index is 0.0261. The van der Waals surface area contributed by atoms with E-state index in [1.807, 2.05) is 109 Å². The van der Waals surface area contributed by atoms with Crippen LogP contribution in [-0.4, -0.2) is 27.2 Å². The van der Waals surface area contributed by atoms with E-state index < -0.39 is 8.07 Å². The molecule has 0 radical (unpaired) electrons. The lowest BCUT2D eigenvalue weighted by Crippen LogP contribution is -2.74. The standard InChI is InChI=1S/C52H36N4Si/c1-4-20-38(21-5-1)57(39-22-6-2-7-23-39,40-24-8-3-9-25-40)41-26-18-19-37(35-41)52-53-50(55-46-31-14-10-27-42(46)43-28-11-15-32-47(43)55)36-51(54-52)56-48-33-16-12-29-44(48)45-30-13-17-34-49(45)56/h1-36H/i18D,19D,26D,35D. The molecule has 3 heterocycles. The van der Waals surface area contributed by atoms with Crippen LogP contribution >= 0.6 is 0 Å². The molecule has 57 heavy (non-hydrogen) atoms. The highest BCUT2D eigenvalue weighted by molar-refractivity contribution is 7.19. The van der Waals surface area contributed by atoms with Gasteiger partial charge in [0, 0.05) is 33.2 Å². The smallest absolute Gasteiger partial charge is 0.179 e. The Balaban J connectivity index is 1.29. The summed E-state index contributed by atoms with van der Waals surface area (Å²) >= 11 is 0. The first-order valence-corrected chi connectivity index (χ1v) is 21.1. The molecule has 3 aromatic heterocycles. The van der Waals surface area contributed by atoms with Gasteiger partial charge in [0.05, 0.1) is 27.5 Å². The maximum Gasteiger partial charge on any atom is 0.179 e. The van der Waals surface area contributed by atoms with Gasteiger partial charge in [0.2, 0.25) is 0 Å².